The molecule has 1 atom stereocenters. The number of ether oxygens (including phenoxy) is 1. The second-order valence-electron chi connectivity index (χ2n) is 7.18. The Morgan fingerprint density at radius 2 is 1.78 bits per heavy atom. The van der Waals surface area contributed by atoms with E-state index in [0.29, 0.717) is 11.3 Å². The second kappa shape index (κ2) is 8.24. The molecule has 7 nitrogen and oxygen atoms in total. The van der Waals surface area contributed by atoms with Crippen LogP contribution in [0.1, 0.15) is 73.7 Å². The minimum absolute atomic E-state index is 0.0337. The van der Waals surface area contributed by atoms with Crippen molar-refractivity contribution in [1.82, 2.24) is 5.16 Å². The minimum Gasteiger partial charge on any atom is -0.507 e. The molecule has 0 aliphatic rings. The van der Waals surface area contributed by atoms with Gasteiger partial charge in [-0.05, 0) is 42.9 Å². The predicted octanol–water partition coefficient (Wildman–Crippen LogP) is 4.12. The van der Waals surface area contributed by atoms with Gasteiger partial charge in [0.15, 0.2) is 11.9 Å². The van der Waals surface area contributed by atoms with Crippen LogP contribution < -0.4 is 5.32 Å². The zero-order chi connectivity index (χ0) is 20.3. The lowest BCUT2D eigenvalue weighted by atomic mass is 9.92. The lowest BCUT2D eigenvalue weighted by molar-refractivity contribution is -0.123. The number of esters is 1. The molecule has 1 heterocycles. The van der Waals surface area contributed by atoms with E-state index >= 15 is 0 Å². The molecule has 1 aromatic carbocycles. The molecule has 1 amide bonds. The number of aromatic hydroxyl groups is 1. The van der Waals surface area contributed by atoms with Crippen LogP contribution in [0.5, 0.6) is 5.75 Å². The molecule has 0 saturated heterocycles. The van der Waals surface area contributed by atoms with Gasteiger partial charge in [0.05, 0.1) is 0 Å². The number of carbonyl (C=O) groups excluding carboxylic acids is 2. The molecule has 0 bridgehead atoms. The molecular formula is C20H26N2O5. The quantitative estimate of drug-likeness (QED) is 0.738. The van der Waals surface area contributed by atoms with Gasteiger partial charge in [-0.1, -0.05) is 38.9 Å². The first-order valence-corrected chi connectivity index (χ1v) is 8.92. The van der Waals surface area contributed by atoms with Crippen LogP contribution in [0.3, 0.4) is 0 Å². The smallest absolute Gasteiger partial charge is 0.342 e. The number of aryl methyl sites for hydroxylation is 1. The van der Waals surface area contributed by atoms with Crippen LogP contribution in [-0.4, -0.2) is 28.2 Å². The van der Waals surface area contributed by atoms with Gasteiger partial charge in [-0.15, -0.1) is 0 Å². The third-order valence-corrected chi connectivity index (χ3v) is 4.20. The summed E-state index contributed by atoms with van der Waals surface area (Å²) >= 11 is 0. The van der Waals surface area contributed by atoms with E-state index < -0.39 is 18.0 Å². The van der Waals surface area contributed by atoms with E-state index in [1.54, 1.807) is 19.1 Å². The van der Waals surface area contributed by atoms with E-state index in [1.807, 2.05) is 33.8 Å². The Kier molecular flexibility index (Phi) is 6.25. The summed E-state index contributed by atoms with van der Waals surface area (Å²) in [4.78, 5) is 24.8. The van der Waals surface area contributed by atoms with Gasteiger partial charge in [0, 0.05) is 6.07 Å². The summed E-state index contributed by atoms with van der Waals surface area (Å²) < 4.78 is 10.1. The number of carbonyl (C=O) groups is 2. The first kappa shape index (κ1) is 20.5. The normalized spacial score (nSPS) is 12.3. The number of amides is 1. The topological polar surface area (TPSA) is 102 Å². The Morgan fingerprint density at radius 3 is 2.30 bits per heavy atom. The lowest BCUT2D eigenvalue weighted by Gasteiger charge is -2.18. The molecule has 27 heavy (non-hydrogen) atoms. The zero-order valence-corrected chi connectivity index (χ0v) is 16.5. The van der Waals surface area contributed by atoms with Crippen molar-refractivity contribution >= 4 is 17.7 Å². The maximum atomic E-state index is 12.6. The van der Waals surface area contributed by atoms with Gasteiger partial charge in [-0.2, -0.15) is 0 Å². The molecule has 146 valence electrons. The van der Waals surface area contributed by atoms with Crippen LogP contribution in [0.25, 0.3) is 0 Å². The van der Waals surface area contributed by atoms with Crippen LogP contribution in [0, 0.1) is 6.92 Å². The van der Waals surface area contributed by atoms with E-state index in [4.69, 9.17) is 9.26 Å². The third kappa shape index (κ3) is 4.87. The number of phenolic OH excluding ortho intramolecular Hbond substituents is 1. The summed E-state index contributed by atoms with van der Waals surface area (Å²) in [5.41, 5.74) is 1.64. The first-order chi connectivity index (χ1) is 12.6. The SMILES string of the molecule is Cc1cc(NC(=O)[C@@H](C)OC(=O)c2cc(C(C)C)cc(C(C)C)c2O)no1. The Labute approximate surface area is 158 Å². The summed E-state index contributed by atoms with van der Waals surface area (Å²) in [6.45, 7) is 11.0. The molecule has 0 radical (unpaired) electrons. The number of hydrogen-bond acceptors (Lipinski definition) is 6. The summed E-state index contributed by atoms with van der Waals surface area (Å²) in [5, 5.41) is 16.7. The Bertz CT molecular complexity index is 839. The fourth-order valence-electron chi connectivity index (χ4n) is 2.54. The molecule has 1 aromatic heterocycles. The number of rotatable bonds is 6. The number of benzene rings is 1. The molecule has 0 fully saturated rings. The molecule has 2 aromatic rings. The predicted molar refractivity (Wildman–Crippen MR) is 101 cm³/mol. The standard InChI is InChI=1S/C20H26N2O5/c1-10(2)14-8-15(11(3)4)18(23)16(9-14)20(25)26-13(6)19(24)21-17-7-12(5)27-22-17/h7-11,13,23H,1-6H3,(H,21,22,24)/t13-/m1/s1. The number of anilines is 1. The van der Waals surface area contributed by atoms with Gasteiger partial charge in [-0.25, -0.2) is 4.79 Å². The van der Waals surface area contributed by atoms with Gasteiger partial charge < -0.3 is 19.7 Å². The van der Waals surface area contributed by atoms with Gasteiger partial charge in [0.1, 0.15) is 17.1 Å². The van der Waals surface area contributed by atoms with Crippen molar-refractivity contribution < 1.29 is 24.0 Å². The van der Waals surface area contributed by atoms with Crippen LogP contribution >= 0.6 is 0 Å². The van der Waals surface area contributed by atoms with E-state index in [-0.39, 0.29) is 29.0 Å². The zero-order valence-electron chi connectivity index (χ0n) is 16.5. The number of nitrogens with zero attached hydrogens (tertiary/aromatic N) is 1. The minimum atomic E-state index is -1.07. The summed E-state index contributed by atoms with van der Waals surface area (Å²) in [6.07, 6.45) is -1.07. The number of phenols is 1. The first-order valence-electron chi connectivity index (χ1n) is 8.92. The van der Waals surface area contributed by atoms with Gasteiger partial charge >= 0.3 is 5.97 Å². The van der Waals surface area contributed by atoms with Crippen molar-refractivity contribution in [3.8, 4) is 5.75 Å². The molecule has 0 saturated carbocycles. The average molecular weight is 374 g/mol. The van der Waals surface area contributed by atoms with Crippen molar-refractivity contribution in [2.75, 3.05) is 5.32 Å². The van der Waals surface area contributed by atoms with Crippen molar-refractivity contribution in [3.05, 3.63) is 40.6 Å². The highest BCUT2D eigenvalue weighted by molar-refractivity contribution is 5.98. The summed E-state index contributed by atoms with van der Waals surface area (Å²) in [7, 11) is 0. The number of nitrogens with one attached hydrogen (secondary N) is 1. The van der Waals surface area contributed by atoms with Crippen LogP contribution in [0.2, 0.25) is 0 Å². The largest absolute Gasteiger partial charge is 0.507 e. The lowest BCUT2D eigenvalue weighted by Crippen LogP contribution is -2.30. The Hall–Kier alpha value is -2.83. The van der Waals surface area contributed by atoms with Gasteiger partial charge in [0.2, 0.25) is 0 Å². The summed E-state index contributed by atoms with van der Waals surface area (Å²) in [6, 6.07) is 5.06. The molecular weight excluding hydrogens is 348 g/mol. The maximum Gasteiger partial charge on any atom is 0.342 e. The molecule has 2 N–H and O–H groups in total. The van der Waals surface area contributed by atoms with E-state index in [1.165, 1.54) is 6.92 Å². The second-order valence-corrected chi connectivity index (χ2v) is 7.18. The Balaban J connectivity index is 2.20. The molecule has 0 spiro atoms. The van der Waals surface area contributed by atoms with Gasteiger partial charge in [-0.3, -0.25) is 4.79 Å². The number of hydrogen-bond donors (Lipinski definition) is 2. The Morgan fingerprint density at radius 1 is 1.11 bits per heavy atom. The van der Waals surface area contributed by atoms with E-state index in [2.05, 4.69) is 10.5 Å². The van der Waals surface area contributed by atoms with Crippen molar-refractivity contribution in [3.63, 3.8) is 0 Å². The van der Waals surface area contributed by atoms with Gasteiger partial charge in [0.25, 0.3) is 5.91 Å². The highest BCUT2D eigenvalue weighted by Crippen LogP contribution is 2.33. The molecule has 7 heteroatoms. The van der Waals surface area contributed by atoms with Crippen LogP contribution in [0.4, 0.5) is 5.82 Å². The molecule has 0 aliphatic carbocycles. The highest BCUT2D eigenvalue weighted by atomic mass is 16.5. The fraction of sp³-hybridized carbons (Fsp3) is 0.450. The average Bonchev–Trinajstić information content (AvgIpc) is 2.99. The monoisotopic (exact) mass is 374 g/mol. The van der Waals surface area contributed by atoms with Crippen molar-refractivity contribution in [2.45, 2.75) is 59.5 Å². The highest BCUT2D eigenvalue weighted by Gasteiger charge is 2.24. The molecule has 2 rings (SSSR count). The fourth-order valence-corrected chi connectivity index (χ4v) is 2.54. The maximum absolute atomic E-state index is 12.6. The van der Waals surface area contributed by atoms with Crippen molar-refractivity contribution in [1.29, 1.82) is 0 Å². The van der Waals surface area contributed by atoms with E-state index in [9.17, 15) is 14.7 Å². The summed E-state index contributed by atoms with van der Waals surface area (Å²) in [5.74, 6) is -0.411. The van der Waals surface area contributed by atoms with E-state index in [0.717, 1.165) is 5.56 Å². The number of aromatic nitrogens is 1. The third-order valence-electron chi connectivity index (χ3n) is 4.20. The van der Waals surface area contributed by atoms with Crippen LogP contribution in [0.15, 0.2) is 22.7 Å². The van der Waals surface area contributed by atoms with Crippen LogP contribution in [-0.2, 0) is 9.53 Å². The molecule has 0 unspecified atom stereocenters. The van der Waals surface area contributed by atoms with Crippen molar-refractivity contribution in [2.24, 2.45) is 0 Å². The molecule has 0 aliphatic heterocycles.